The van der Waals surface area contributed by atoms with E-state index in [0.717, 1.165) is 50.7 Å². The Morgan fingerprint density at radius 2 is 0.912 bits per heavy atom. The van der Waals surface area contributed by atoms with Crippen molar-refractivity contribution in [1.29, 1.82) is 0 Å². The van der Waals surface area contributed by atoms with Gasteiger partial charge in [0.1, 0.15) is 0 Å². The predicted molar refractivity (Wildman–Crippen MR) is 141 cm³/mol. The largest absolute Gasteiger partial charge is 0.491 e. The number of ether oxygens (including phenoxy) is 2. The van der Waals surface area contributed by atoms with Crippen LogP contribution in [0.15, 0.2) is 18.2 Å². The summed E-state index contributed by atoms with van der Waals surface area (Å²) in [5.74, 6) is 1.44. The van der Waals surface area contributed by atoms with Crippen LogP contribution in [0.3, 0.4) is 0 Å². The van der Waals surface area contributed by atoms with Gasteiger partial charge >= 0.3 is 0 Å². The van der Waals surface area contributed by atoms with Gasteiger partial charge in [0.2, 0.25) is 0 Å². The lowest BCUT2D eigenvalue weighted by Crippen LogP contribution is -2.02. The molecule has 0 unspecified atom stereocenters. The zero-order valence-electron chi connectivity index (χ0n) is 21.4. The van der Waals surface area contributed by atoms with E-state index in [1.54, 1.807) is 12.1 Å². The number of hydrogen-bond donors (Lipinski definition) is 2. The van der Waals surface area contributed by atoms with Crippen molar-refractivity contribution in [1.82, 2.24) is 0 Å². The van der Waals surface area contributed by atoms with Crippen molar-refractivity contribution in [3.05, 3.63) is 29.6 Å². The van der Waals surface area contributed by atoms with Crippen LogP contribution in [0.4, 0.5) is 5.69 Å². The van der Waals surface area contributed by atoms with Crippen LogP contribution in [-0.4, -0.2) is 36.6 Å². The van der Waals surface area contributed by atoms with Crippen LogP contribution < -0.4 is 9.47 Å². The Labute approximate surface area is 208 Å². The van der Waals surface area contributed by atoms with Crippen LogP contribution in [0.1, 0.15) is 116 Å². The van der Waals surface area contributed by atoms with Crippen molar-refractivity contribution >= 4 is 5.69 Å². The molecule has 0 aliphatic carbocycles. The normalized spacial score (nSPS) is 10.9. The minimum absolute atomic E-state index is 0.319. The smallest absolute Gasteiger partial charge is 0.191 e. The molecule has 2 N–H and O–H groups in total. The van der Waals surface area contributed by atoms with Gasteiger partial charge in [0.15, 0.2) is 17.2 Å². The molecule has 0 saturated carbocycles. The SMILES string of the molecule is [C-]#[N+]c1ccc(OCCCCCCCCCCCO)c(OCCCCCCCCCCCO)c1. The number of aliphatic hydroxyl groups is 2. The molecule has 0 aliphatic heterocycles. The molecule has 0 saturated heterocycles. The highest BCUT2D eigenvalue weighted by Gasteiger charge is 2.07. The molecule has 1 rings (SSSR count). The van der Waals surface area contributed by atoms with Gasteiger partial charge in [-0.25, -0.2) is 4.85 Å². The average Bonchev–Trinajstić information content (AvgIpc) is 2.86. The van der Waals surface area contributed by atoms with E-state index in [-0.39, 0.29) is 0 Å². The van der Waals surface area contributed by atoms with Gasteiger partial charge in [-0.05, 0) is 37.8 Å². The summed E-state index contributed by atoms with van der Waals surface area (Å²) >= 11 is 0. The average molecular weight is 476 g/mol. The highest BCUT2D eigenvalue weighted by atomic mass is 16.5. The summed E-state index contributed by atoms with van der Waals surface area (Å²) in [6, 6.07) is 5.46. The van der Waals surface area contributed by atoms with Crippen LogP contribution in [0.25, 0.3) is 4.85 Å². The molecule has 1 aromatic carbocycles. The Kier molecular flexibility index (Phi) is 20.5. The first-order chi connectivity index (χ1) is 16.8. The van der Waals surface area contributed by atoms with Gasteiger partial charge in [-0.1, -0.05) is 96.0 Å². The highest BCUT2D eigenvalue weighted by Crippen LogP contribution is 2.32. The zero-order chi connectivity index (χ0) is 24.5. The van der Waals surface area contributed by atoms with Crippen molar-refractivity contribution in [3.8, 4) is 11.5 Å². The van der Waals surface area contributed by atoms with Crippen LogP contribution in [0.5, 0.6) is 11.5 Å². The minimum atomic E-state index is 0.319. The number of unbranched alkanes of at least 4 members (excludes halogenated alkanes) is 16. The number of hydrogen-bond acceptors (Lipinski definition) is 4. The van der Waals surface area contributed by atoms with Crippen molar-refractivity contribution < 1.29 is 19.7 Å². The van der Waals surface area contributed by atoms with E-state index in [9.17, 15) is 0 Å². The molecule has 1 aromatic rings. The molecule has 5 heteroatoms. The molecule has 194 valence electrons. The second-order valence-electron chi connectivity index (χ2n) is 9.25. The van der Waals surface area contributed by atoms with Crippen LogP contribution in [0, 0.1) is 6.57 Å². The minimum Gasteiger partial charge on any atom is -0.491 e. The lowest BCUT2D eigenvalue weighted by atomic mass is 10.1. The first-order valence-electron chi connectivity index (χ1n) is 13.8. The van der Waals surface area contributed by atoms with E-state index in [1.807, 2.05) is 6.07 Å². The lowest BCUT2D eigenvalue weighted by molar-refractivity contribution is 0.258. The van der Waals surface area contributed by atoms with Gasteiger partial charge in [0, 0.05) is 13.2 Å². The van der Waals surface area contributed by atoms with Crippen molar-refractivity contribution in [2.45, 2.75) is 116 Å². The van der Waals surface area contributed by atoms with E-state index in [2.05, 4.69) is 4.85 Å². The quantitative estimate of drug-likeness (QED) is 0.117. The molecular formula is C29H49NO4. The highest BCUT2D eigenvalue weighted by molar-refractivity contribution is 5.55. The molecular weight excluding hydrogens is 426 g/mol. The summed E-state index contributed by atoms with van der Waals surface area (Å²) in [6.45, 7) is 9.25. The number of rotatable bonds is 24. The molecule has 0 amide bonds. The van der Waals surface area contributed by atoms with E-state index < -0.39 is 0 Å². The second-order valence-corrected chi connectivity index (χ2v) is 9.25. The van der Waals surface area contributed by atoms with E-state index in [4.69, 9.17) is 26.3 Å². The molecule has 0 aromatic heterocycles. The third-order valence-electron chi connectivity index (χ3n) is 6.18. The third kappa shape index (κ3) is 16.8. The van der Waals surface area contributed by atoms with Gasteiger partial charge in [0.25, 0.3) is 0 Å². The predicted octanol–water partition coefficient (Wildman–Crippen LogP) is 8.00. The van der Waals surface area contributed by atoms with Crippen molar-refractivity contribution in [2.75, 3.05) is 26.4 Å². The maximum atomic E-state index is 8.79. The zero-order valence-corrected chi connectivity index (χ0v) is 21.4. The van der Waals surface area contributed by atoms with E-state index in [0.29, 0.717) is 37.9 Å². The molecule has 0 heterocycles. The number of aliphatic hydroxyl groups excluding tert-OH is 2. The van der Waals surface area contributed by atoms with E-state index >= 15 is 0 Å². The second kappa shape index (κ2) is 23.0. The van der Waals surface area contributed by atoms with Gasteiger partial charge in [-0.2, -0.15) is 0 Å². The summed E-state index contributed by atoms with van der Waals surface area (Å²) in [6.07, 6.45) is 21.2. The first kappa shape index (κ1) is 30.3. The summed E-state index contributed by atoms with van der Waals surface area (Å²) < 4.78 is 12.0. The molecule has 0 aliphatic rings. The molecule has 0 radical (unpaired) electrons. The topological polar surface area (TPSA) is 63.3 Å². The maximum Gasteiger partial charge on any atom is 0.191 e. The molecule has 0 atom stereocenters. The molecule has 5 nitrogen and oxygen atoms in total. The standard InChI is InChI=1S/C29H49NO4/c1-30-27-20-21-28(33-24-18-14-10-6-2-4-8-12-16-22-31)29(26-27)34-25-19-15-11-7-3-5-9-13-17-23-32/h20-21,26,31-32H,2-19,22-25H2. The third-order valence-corrected chi connectivity index (χ3v) is 6.18. The fourth-order valence-electron chi connectivity index (χ4n) is 4.07. The fourth-order valence-corrected chi connectivity index (χ4v) is 4.07. The van der Waals surface area contributed by atoms with Crippen molar-refractivity contribution in [3.63, 3.8) is 0 Å². The Morgan fingerprint density at radius 1 is 0.529 bits per heavy atom. The fraction of sp³-hybridized carbons (Fsp3) is 0.759. The Morgan fingerprint density at radius 3 is 1.32 bits per heavy atom. The lowest BCUT2D eigenvalue weighted by Gasteiger charge is -2.13. The summed E-state index contributed by atoms with van der Waals surface area (Å²) in [5.41, 5.74) is 0.586. The van der Waals surface area contributed by atoms with Crippen LogP contribution >= 0.6 is 0 Å². The number of nitrogens with zero attached hydrogens (tertiary/aromatic N) is 1. The Balaban J connectivity index is 2.14. The van der Waals surface area contributed by atoms with Gasteiger partial charge in [-0.15, -0.1) is 0 Å². The van der Waals surface area contributed by atoms with Crippen molar-refractivity contribution in [2.24, 2.45) is 0 Å². The molecule has 0 spiro atoms. The monoisotopic (exact) mass is 475 g/mol. The number of benzene rings is 1. The maximum absolute atomic E-state index is 8.79. The summed E-state index contributed by atoms with van der Waals surface area (Å²) in [5, 5.41) is 17.6. The van der Waals surface area contributed by atoms with Gasteiger partial charge < -0.3 is 19.7 Å². The Bertz CT molecular complexity index is 629. The summed E-state index contributed by atoms with van der Waals surface area (Å²) in [7, 11) is 0. The van der Waals surface area contributed by atoms with Gasteiger partial charge in [0.05, 0.1) is 19.8 Å². The van der Waals surface area contributed by atoms with Crippen LogP contribution in [0.2, 0.25) is 0 Å². The van der Waals surface area contributed by atoms with Crippen LogP contribution in [-0.2, 0) is 0 Å². The van der Waals surface area contributed by atoms with Gasteiger partial charge in [-0.3, -0.25) is 0 Å². The Hall–Kier alpha value is -1.77. The molecule has 0 bridgehead atoms. The van der Waals surface area contributed by atoms with E-state index in [1.165, 1.54) is 70.6 Å². The molecule has 34 heavy (non-hydrogen) atoms. The summed E-state index contributed by atoms with van der Waals surface area (Å²) in [4.78, 5) is 3.53. The first-order valence-corrected chi connectivity index (χ1v) is 13.8. The molecule has 0 fully saturated rings.